The van der Waals surface area contributed by atoms with E-state index >= 15 is 0 Å². The van der Waals surface area contributed by atoms with Crippen molar-refractivity contribution in [2.75, 3.05) is 49.1 Å². The first kappa shape index (κ1) is 23.8. The van der Waals surface area contributed by atoms with Crippen molar-refractivity contribution in [3.63, 3.8) is 0 Å². The highest BCUT2D eigenvalue weighted by atomic mass is 19.4. The number of amides is 2. The Morgan fingerprint density at radius 3 is 2.41 bits per heavy atom. The van der Waals surface area contributed by atoms with E-state index in [4.69, 9.17) is 4.74 Å². The Bertz CT molecular complexity index is 1010. The predicted molar refractivity (Wildman–Crippen MR) is 119 cm³/mol. The number of alkyl halides is 3. The summed E-state index contributed by atoms with van der Waals surface area (Å²) < 4.78 is 43.5. The van der Waals surface area contributed by atoms with E-state index in [-0.39, 0.29) is 12.5 Å². The molecule has 0 saturated carbocycles. The van der Waals surface area contributed by atoms with Gasteiger partial charge in [0.2, 0.25) is 5.91 Å². The summed E-state index contributed by atoms with van der Waals surface area (Å²) in [6, 6.07) is 8.97. The third-order valence-corrected chi connectivity index (χ3v) is 5.88. The Morgan fingerprint density at radius 1 is 1.12 bits per heavy atom. The molecule has 0 bridgehead atoms. The van der Waals surface area contributed by atoms with Gasteiger partial charge in [-0.1, -0.05) is 12.1 Å². The zero-order valence-corrected chi connectivity index (χ0v) is 18.7. The van der Waals surface area contributed by atoms with Crippen LogP contribution in [0.25, 0.3) is 0 Å². The molecule has 1 atom stereocenters. The Labute approximate surface area is 195 Å². The third kappa shape index (κ3) is 5.77. The van der Waals surface area contributed by atoms with Gasteiger partial charge in [0, 0.05) is 39.6 Å². The lowest BCUT2D eigenvalue weighted by molar-refractivity contribution is -0.137. The standard InChI is InChI=1S/C23H26F3N5O3/c1-16(32)27-13-20-15-31(22(33)34-20)19-6-7-21(28-12-19)30-10-8-29(9-11-30)14-17-2-4-18(5-3-17)23(24,25)26/h2-7,12,20H,8-11,13-15H2,1H3,(H,27,32). The average molecular weight is 477 g/mol. The molecule has 3 heterocycles. The van der Waals surface area contributed by atoms with Gasteiger partial charge in [-0.2, -0.15) is 13.2 Å². The van der Waals surface area contributed by atoms with Gasteiger partial charge in [-0.15, -0.1) is 0 Å². The number of ether oxygens (including phenoxy) is 1. The number of piperazine rings is 1. The maximum Gasteiger partial charge on any atom is 0.416 e. The molecule has 2 saturated heterocycles. The number of rotatable bonds is 6. The second-order valence-electron chi connectivity index (χ2n) is 8.39. The summed E-state index contributed by atoms with van der Waals surface area (Å²) in [6.07, 6.45) is -3.57. The highest BCUT2D eigenvalue weighted by molar-refractivity contribution is 5.89. The molecule has 2 amide bonds. The Kier molecular flexibility index (Phi) is 6.92. The van der Waals surface area contributed by atoms with Crippen molar-refractivity contribution in [2.45, 2.75) is 25.7 Å². The molecule has 1 unspecified atom stereocenters. The Hall–Kier alpha value is -3.34. The molecular formula is C23H26F3N5O3. The minimum atomic E-state index is -4.32. The van der Waals surface area contributed by atoms with Crippen LogP contribution in [0.1, 0.15) is 18.1 Å². The van der Waals surface area contributed by atoms with Crippen molar-refractivity contribution < 1.29 is 27.5 Å². The van der Waals surface area contributed by atoms with Gasteiger partial charge in [0.1, 0.15) is 11.9 Å². The Morgan fingerprint density at radius 2 is 1.82 bits per heavy atom. The van der Waals surface area contributed by atoms with Crippen LogP contribution in [0.5, 0.6) is 0 Å². The van der Waals surface area contributed by atoms with Crippen LogP contribution in [0.2, 0.25) is 0 Å². The van der Waals surface area contributed by atoms with Crippen molar-refractivity contribution in [1.29, 1.82) is 0 Å². The zero-order valence-electron chi connectivity index (χ0n) is 18.7. The maximum absolute atomic E-state index is 12.7. The Balaban J connectivity index is 1.28. The predicted octanol–water partition coefficient (Wildman–Crippen LogP) is 2.88. The van der Waals surface area contributed by atoms with Crippen LogP contribution in [0, 0.1) is 0 Å². The lowest BCUT2D eigenvalue weighted by Gasteiger charge is -2.35. The first-order valence-corrected chi connectivity index (χ1v) is 11.0. The minimum absolute atomic E-state index is 0.181. The number of carbonyl (C=O) groups is 2. The number of carbonyl (C=O) groups excluding carboxylic acids is 2. The van der Waals surface area contributed by atoms with Gasteiger partial charge in [-0.25, -0.2) is 9.78 Å². The second-order valence-corrected chi connectivity index (χ2v) is 8.39. The van der Waals surface area contributed by atoms with Gasteiger partial charge in [-0.3, -0.25) is 14.6 Å². The quantitative estimate of drug-likeness (QED) is 0.690. The number of cyclic esters (lactones) is 1. The van der Waals surface area contributed by atoms with E-state index < -0.39 is 23.9 Å². The van der Waals surface area contributed by atoms with E-state index in [0.29, 0.717) is 18.8 Å². The molecule has 182 valence electrons. The molecule has 0 spiro atoms. The number of benzene rings is 1. The van der Waals surface area contributed by atoms with E-state index in [1.165, 1.54) is 24.0 Å². The lowest BCUT2D eigenvalue weighted by Crippen LogP contribution is -2.46. The lowest BCUT2D eigenvalue weighted by atomic mass is 10.1. The van der Waals surface area contributed by atoms with Crippen LogP contribution in [0.15, 0.2) is 42.6 Å². The molecule has 8 nitrogen and oxygen atoms in total. The molecule has 2 fully saturated rings. The minimum Gasteiger partial charge on any atom is -0.442 e. The number of halogens is 3. The number of aromatic nitrogens is 1. The smallest absolute Gasteiger partial charge is 0.416 e. The fourth-order valence-electron chi connectivity index (χ4n) is 4.01. The first-order valence-electron chi connectivity index (χ1n) is 11.0. The van der Waals surface area contributed by atoms with E-state index in [0.717, 1.165) is 49.7 Å². The molecule has 2 aliphatic rings. The molecule has 1 N–H and O–H groups in total. The van der Waals surface area contributed by atoms with E-state index in [1.807, 2.05) is 12.1 Å². The summed E-state index contributed by atoms with van der Waals surface area (Å²) in [4.78, 5) is 33.5. The molecule has 11 heteroatoms. The molecule has 2 aliphatic heterocycles. The number of nitrogens with one attached hydrogen (secondary N) is 1. The van der Waals surface area contributed by atoms with Gasteiger partial charge in [0.15, 0.2) is 0 Å². The fraction of sp³-hybridized carbons (Fsp3) is 0.435. The zero-order chi connectivity index (χ0) is 24.3. The summed E-state index contributed by atoms with van der Waals surface area (Å²) in [7, 11) is 0. The summed E-state index contributed by atoms with van der Waals surface area (Å²) in [5.41, 5.74) is 0.833. The fourth-order valence-corrected chi connectivity index (χ4v) is 4.01. The largest absolute Gasteiger partial charge is 0.442 e. The summed E-state index contributed by atoms with van der Waals surface area (Å²) in [5.74, 6) is 0.611. The monoisotopic (exact) mass is 477 g/mol. The van der Waals surface area contributed by atoms with Crippen LogP contribution in [-0.2, 0) is 22.3 Å². The molecule has 2 aromatic rings. The third-order valence-electron chi connectivity index (χ3n) is 5.88. The van der Waals surface area contributed by atoms with Gasteiger partial charge in [0.05, 0.1) is 30.5 Å². The number of pyridine rings is 1. The first-order chi connectivity index (χ1) is 16.2. The number of hydrogen-bond donors (Lipinski definition) is 1. The highest BCUT2D eigenvalue weighted by Crippen LogP contribution is 2.29. The molecular weight excluding hydrogens is 451 g/mol. The molecule has 4 rings (SSSR count). The van der Waals surface area contributed by atoms with Crippen molar-refractivity contribution in [1.82, 2.24) is 15.2 Å². The van der Waals surface area contributed by atoms with Crippen LogP contribution in [0.3, 0.4) is 0 Å². The second kappa shape index (κ2) is 9.88. The topological polar surface area (TPSA) is 78.0 Å². The van der Waals surface area contributed by atoms with Crippen molar-refractivity contribution in [3.05, 3.63) is 53.7 Å². The summed E-state index contributed by atoms with van der Waals surface area (Å²) >= 11 is 0. The van der Waals surface area contributed by atoms with Crippen LogP contribution < -0.4 is 15.1 Å². The average Bonchev–Trinajstić information content (AvgIpc) is 3.19. The maximum atomic E-state index is 12.7. The van der Waals surface area contributed by atoms with Crippen molar-refractivity contribution in [2.24, 2.45) is 0 Å². The van der Waals surface area contributed by atoms with Crippen LogP contribution in [-0.4, -0.2) is 67.3 Å². The van der Waals surface area contributed by atoms with Gasteiger partial charge >= 0.3 is 12.3 Å². The van der Waals surface area contributed by atoms with E-state index in [2.05, 4.69) is 20.1 Å². The molecule has 1 aromatic heterocycles. The number of hydrogen-bond acceptors (Lipinski definition) is 6. The van der Waals surface area contributed by atoms with Crippen LogP contribution >= 0.6 is 0 Å². The van der Waals surface area contributed by atoms with Gasteiger partial charge in [-0.05, 0) is 29.8 Å². The van der Waals surface area contributed by atoms with E-state index in [9.17, 15) is 22.8 Å². The van der Waals surface area contributed by atoms with Crippen molar-refractivity contribution >= 4 is 23.5 Å². The SMILES string of the molecule is CC(=O)NCC1CN(c2ccc(N3CCN(Cc4ccc(C(F)(F)F)cc4)CC3)nc2)C(=O)O1. The van der Waals surface area contributed by atoms with Crippen LogP contribution in [0.4, 0.5) is 29.5 Å². The number of anilines is 2. The highest BCUT2D eigenvalue weighted by Gasteiger charge is 2.33. The number of nitrogens with zero attached hydrogens (tertiary/aromatic N) is 4. The molecule has 0 aliphatic carbocycles. The van der Waals surface area contributed by atoms with Gasteiger partial charge < -0.3 is 15.0 Å². The normalized spacial score (nSPS) is 19.3. The van der Waals surface area contributed by atoms with Gasteiger partial charge in [0.25, 0.3) is 0 Å². The molecule has 1 aromatic carbocycles. The summed E-state index contributed by atoms with van der Waals surface area (Å²) in [5, 5.41) is 2.65. The van der Waals surface area contributed by atoms with Crippen molar-refractivity contribution in [3.8, 4) is 0 Å². The van der Waals surface area contributed by atoms with E-state index in [1.54, 1.807) is 6.20 Å². The molecule has 34 heavy (non-hydrogen) atoms. The summed E-state index contributed by atoms with van der Waals surface area (Å²) in [6.45, 7) is 5.58. The molecule has 0 radical (unpaired) electrons.